The average molecular weight is 375 g/mol. The van der Waals surface area contributed by atoms with E-state index in [1.54, 1.807) is 0 Å². The molecule has 0 heterocycles. The fraction of sp³-hybridized carbons (Fsp3) is 0.882. The molecule has 0 radical (unpaired) electrons. The van der Waals surface area contributed by atoms with Crippen LogP contribution in [0.3, 0.4) is 0 Å². The molecule has 9 nitrogen and oxygen atoms in total. The molecule has 1 atom stereocenters. The summed E-state index contributed by atoms with van der Waals surface area (Å²) in [4.78, 5) is 22.8. The summed E-state index contributed by atoms with van der Waals surface area (Å²) in [6.07, 6.45) is 1.93. The lowest BCUT2D eigenvalue weighted by Gasteiger charge is -2.36. The third-order valence-electron chi connectivity index (χ3n) is 4.45. The molecule has 10 N–H and O–H groups in total. The van der Waals surface area contributed by atoms with E-state index in [-0.39, 0.29) is 24.7 Å². The van der Waals surface area contributed by atoms with E-state index in [1.165, 1.54) is 0 Å². The molecule has 1 unspecified atom stereocenters. The van der Waals surface area contributed by atoms with Crippen molar-refractivity contribution in [3.05, 3.63) is 0 Å². The summed E-state index contributed by atoms with van der Waals surface area (Å²) in [5, 5.41) is 18.4. The molecule has 0 aromatic carbocycles. The van der Waals surface area contributed by atoms with E-state index in [1.807, 2.05) is 6.92 Å². The maximum atomic E-state index is 12.2. The zero-order valence-electron chi connectivity index (χ0n) is 16.1. The number of carbonyl (C=O) groups excluding carboxylic acids is 1. The topological polar surface area (TPSA) is 169 Å². The van der Waals surface area contributed by atoms with Gasteiger partial charge in [-0.05, 0) is 38.3 Å². The normalized spacial score (nSPS) is 13.6. The molecule has 0 aliphatic rings. The molecule has 154 valence electrons. The van der Waals surface area contributed by atoms with Gasteiger partial charge in [0.2, 0.25) is 5.91 Å². The molecule has 1 amide bonds. The highest BCUT2D eigenvalue weighted by Gasteiger charge is 2.31. The van der Waals surface area contributed by atoms with Gasteiger partial charge in [0.05, 0.1) is 5.54 Å². The highest BCUT2D eigenvalue weighted by molar-refractivity contribution is 5.77. The van der Waals surface area contributed by atoms with Crippen LogP contribution in [-0.4, -0.2) is 68.3 Å². The van der Waals surface area contributed by atoms with Gasteiger partial charge in [0.15, 0.2) is 0 Å². The Kier molecular flexibility index (Phi) is 14.1. The van der Waals surface area contributed by atoms with Crippen LogP contribution < -0.4 is 33.2 Å². The van der Waals surface area contributed by atoms with Crippen LogP contribution in [0.1, 0.15) is 39.0 Å². The molecular formula is C17H38N6O3. The molecule has 0 fully saturated rings. The van der Waals surface area contributed by atoms with Crippen molar-refractivity contribution in [2.24, 2.45) is 23.1 Å². The van der Waals surface area contributed by atoms with Crippen LogP contribution in [0, 0.1) is 5.92 Å². The second-order valence-corrected chi connectivity index (χ2v) is 6.69. The van der Waals surface area contributed by atoms with E-state index in [9.17, 15) is 9.59 Å². The van der Waals surface area contributed by atoms with Crippen molar-refractivity contribution in [3.63, 3.8) is 0 Å². The molecule has 0 aliphatic heterocycles. The molecule has 0 saturated heterocycles. The Morgan fingerprint density at radius 3 is 2.04 bits per heavy atom. The van der Waals surface area contributed by atoms with Crippen molar-refractivity contribution in [3.8, 4) is 0 Å². The lowest BCUT2D eigenvalue weighted by atomic mass is 9.84. The minimum Gasteiger partial charge on any atom is -0.481 e. The van der Waals surface area contributed by atoms with Crippen molar-refractivity contribution >= 4 is 11.9 Å². The highest BCUT2D eigenvalue weighted by atomic mass is 16.4. The molecule has 9 heteroatoms. The fourth-order valence-corrected chi connectivity index (χ4v) is 2.91. The van der Waals surface area contributed by atoms with E-state index < -0.39 is 11.5 Å². The average Bonchev–Trinajstić information content (AvgIpc) is 2.60. The predicted octanol–water partition coefficient (Wildman–Crippen LogP) is -1.43. The van der Waals surface area contributed by atoms with Gasteiger partial charge in [-0.1, -0.05) is 6.92 Å². The summed E-state index contributed by atoms with van der Waals surface area (Å²) >= 11 is 0. The van der Waals surface area contributed by atoms with Crippen molar-refractivity contribution in [2.75, 3.05) is 45.8 Å². The summed E-state index contributed by atoms with van der Waals surface area (Å²) in [5.41, 5.74) is 16.6. The number of rotatable bonds is 17. The Bertz CT molecular complexity index is 381. The minimum absolute atomic E-state index is 0.0101. The third kappa shape index (κ3) is 11.4. The number of carboxylic acids is 1. The first kappa shape index (κ1) is 24.7. The number of hydrogen-bond donors (Lipinski definition) is 7. The Morgan fingerprint density at radius 2 is 1.62 bits per heavy atom. The Hall–Kier alpha value is -1.26. The lowest BCUT2D eigenvalue weighted by Crippen LogP contribution is -2.55. The summed E-state index contributed by atoms with van der Waals surface area (Å²) in [5.74, 6) is -0.784. The quantitative estimate of drug-likeness (QED) is 0.152. The second-order valence-electron chi connectivity index (χ2n) is 6.69. The number of carboxylic acid groups (broad SMARTS) is 1. The number of amides is 1. The lowest BCUT2D eigenvalue weighted by molar-refractivity contribution is -0.137. The molecular weight excluding hydrogens is 336 g/mol. The van der Waals surface area contributed by atoms with E-state index >= 15 is 0 Å². The van der Waals surface area contributed by atoms with E-state index in [0.29, 0.717) is 32.5 Å². The van der Waals surface area contributed by atoms with Crippen LogP contribution in [0.2, 0.25) is 0 Å². The molecule has 0 saturated carbocycles. The third-order valence-corrected chi connectivity index (χ3v) is 4.45. The monoisotopic (exact) mass is 374 g/mol. The molecule has 0 bridgehead atoms. The summed E-state index contributed by atoms with van der Waals surface area (Å²) in [6.45, 7) is 6.48. The molecule has 0 aromatic rings. The van der Waals surface area contributed by atoms with Crippen LogP contribution >= 0.6 is 0 Å². The molecule has 0 spiro atoms. The van der Waals surface area contributed by atoms with Gasteiger partial charge in [-0.15, -0.1) is 0 Å². The molecule has 0 aromatic heterocycles. The van der Waals surface area contributed by atoms with Gasteiger partial charge >= 0.3 is 5.97 Å². The van der Waals surface area contributed by atoms with Crippen molar-refractivity contribution in [2.45, 2.75) is 44.6 Å². The number of hydrogen-bond acceptors (Lipinski definition) is 7. The first-order valence-corrected chi connectivity index (χ1v) is 9.47. The fourth-order valence-electron chi connectivity index (χ4n) is 2.91. The van der Waals surface area contributed by atoms with Gasteiger partial charge in [0.25, 0.3) is 0 Å². The number of nitrogens with two attached hydrogens (primary N) is 3. The van der Waals surface area contributed by atoms with E-state index in [0.717, 1.165) is 32.6 Å². The maximum Gasteiger partial charge on any atom is 0.303 e. The van der Waals surface area contributed by atoms with Gasteiger partial charge in [0.1, 0.15) is 0 Å². The van der Waals surface area contributed by atoms with Crippen LogP contribution in [-0.2, 0) is 9.59 Å². The van der Waals surface area contributed by atoms with Crippen LogP contribution in [0.4, 0.5) is 0 Å². The van der Waals surface area contributed by atoms with Crippen molar-refractivity contribution < 1.29 is 14.7 Å². The predicted molar refractivity (Wildman–Crippen MR) is 104 cm³/mol. The first-order valence-electron chi connectivity index (χ1n) is 9.47. The number of nitrogens with one attached hydrogen (secondary N) is 3. The zero-order chi connectivity index (χ0) is 19.8. The van der Waals surface area contributed by atoms with E-state index in [4.69, 9.17) is 22.3 Å². The first-order chi connectivity index (χ1) is 12.4. The van der Waals surface area contributed by atoms with Crippen molar-refractivity contribution in [1.29, 1.82) is 0 Å². The van der Waals surface area contributed by atoms with Gasteiger partial charge in [-0.2, -0.15) is 0 Å². The Morgan fingerprint density at radius 1 is 1.04 bits per heavy atom. The zero-order valence-corrected chi connectivity index (χ0v) is 16.1. The maximum absolute atomic E-state index is 12.2. The number of carbonyl (C=O) groups is 2. The Labute approximate surface area is 156 Å². The molecule has 26 heavy (non-hydrogen) atoms. The number of aliphatic carboxylic acids is 1. The summed E-state index contributed by atoms with van der Waals surface area (Å²) < 4.78 is 0. The van der Waals surface area contributed by atoms with Crippen LogP contribution in [0.5, 0.6) is 0 Å². The van der Waals surface area contributed by atoms with Gasteiger partial charge in [-0.25, -0.2) is 0 Å². The SMILES string of the molecule is CCC(CN)(CC(CNCCN)CNCCN)NC(=O)CCCC(=O)O. The second kappa shape index (κ2) is 14.9. The van der Waals surface area contributed by atoms with Gasteiger partial charge in [-0.3, -0.25) is 9.59 Å². The summed E-state index contributed by atoms with van der Waals surface area (Å²) in [7, 11) is 0. The van der Waals surface area contributed by atoms with Gasteiger partial charge < -0.3 is 38.3 Å². The van der Waals surface area contributed by atoms with Gasteiger partial charge in [0, 0.05) is 45.6 Å². The molecule has 0 aliphatic carbocycles. The largest absolute Gasteiger partial charge is 0.481 e. The summed E-state index contributed by atoms with van der Waals surface area (Å²) in [6, 6.07) is 0. The van der Waals surface area contributed by atoms with Crippen molar-refractivity contribution in [1.82, 2.24) is 16.0 Å². The smallest absolute Gasteiger partial charge is 0.303 e. The standard InChI is InChI=1S/C17H38N6O3/c1-2-17(13-20,23-15(24)4-3-5-16(25)26)10-14(11-21-8-6-18)12-22-9-7-19/h14,21-22H,2-13,18-20H2,1H3,(H,23,24)(H,25,26). The highest BCUT2D eigenvalue weighted by Crippen LogP contribution is 2.20. The minimum atomic E-state index is -0.893. The molecule has 0 rings (SSSR count). The van der Waals surface area contributed by atoms with Crippen LogP contribution in [0.15, 0.2) is 0 Å². The van der Waals surface area contributed by atoms with E-state index in [2.05, 4.69) is 16.0 Å². The Balaban J connectivity index is 4.77. The van der Waals surface area contributed by atoms with Crippen LogP contribution in [0.25, 0.3) is 0 Å².